The highest BCUT2D eigenvalue weighted by molar-refractivity contribution is 7.89. The van der Waals surface area contributed by atoms with Gasteiger partial charge in [0, 0.05) is 13.1 Å². The standard InChI is InChI=1S/C15H18N4O4S2/c1-11-13(24-15(16-11)19-7-9-23-10-8-19)14(20)17-18-25(21,22)12-5-3-2-4-6-12/h2-6,18H,7-10H2,1H3,(H,17,20). The summed E-state index contributed by atoms with van der Waals surface area (Å²) in [6, 6.07) is 7.83. The third kappa shape index (κ3) is 4.15. The van der Waals surface area contributed by atoms with Crippen LogP contribution >= 0.6 is 11.3 Å². The number of carbonyl (C=O) groups excluding carboxylic acids is 1. The number of nitrogens with zero attached hydrogens (tertiary/aromatic N) is 2. The maximum Gasteiger partial charge on any atom is 0.278 e. The molecule has 0 bridgehead atoms. The van der Waals surface area contributed by atoms with Crippen molar-refractivity contribution >= 4 is 32.4 Å². The fourth-order valence-corrected chi connectivity index (χ4v) is 4.19. The lowest BCUT2D eigenvalue weighted by Gasteiger charge is -2.25. The summed E-state index contributed by atoms with van der Waals surface area (Å²) in [5, 5.41) is 0.733. The van der Waals surface area contributed by atoms with Crippen molar-refractivity contribution in [3.63, 3.8) is 0 Å². The number of sulfonamides is 1. The summed E-state index contributed by atoms with van der Waals surface area (Å²) in [6.07, 6.45) is 0. The average molecular weight is 382 g/mol. The van der Waals surface area contributed by atoms with Crippen LogP contribution in [0.5, 0.6) is 0 Å². The van der Waals surface area contributed by atoms with Crippen LogP contribution in [-0.2, 0) is 14.8 Å². The molecule has 0 saturated carbocycles. The van der Waals surface area contributed by atoms with Crippen molar-refractivity contribution in [2.75, 3.05) is 31.2 Å². The summed E-state index contributed by atoms with van der Waals surface area (Å²) in [5.41, 5.74) is 2.80. The van der Waals surface area contributed by atoms with E-state index in [4.69, 9.17) is 4.74 Å². The molecule has 0 atom stereocenters. The Balaban J connectivity index is 1.68. The summed E-state index contributed by atoms with van der Waals surface area (Å²) in [7, 11) is -3.81. The number of aryl methyl sites for hydroxylation is 1. The van der Waals surface area contributed by atoms with Gasteiger partial charge in [0.25, 0.3) is 15.9 Å². The van der Waals surface area contributed by atoms with E-state index >= 15 is 0 Å². The number of hydrogen-bond acceptors (Lipinski definition) is 7. The van der Waals surface area contributed by atoms with Gasteiger partial charge >= 0.3 is 0 Å². The average Bonchev–Trinajstić information content (AvgIpc) is 3.03. The minimum atomic E-state index is -3.81. The number of rotatable bonds is 5. The smallest absolute Gasteiger partial charge is 0.278 e. The van der Waals surface area contributed by atoms with Crippen molar-refractivity contribution in [1.29, 1.82) is 0 Å². The number of morpholine rings is 1. The van der Waals surface area contributed by atoms with Gasteiger partial charge in [0.15, 0.2) is 5.13 Å². The van der Waals surface area contributed by atoms with Crippen LogP contribution in [0.3, 0.4) is 0 Å². The van der Waals surface area contributed by atoms with Gasteiger partial charge in [-0.15, -0.1) is 4.83 Å². The molecule has 2 aromatic rings. The monoisotopic (exact) mass is 382 g/mol. The molecular weight excluding hydrogens is 364 g/mol. The molecule has 8 nitrogen and oxygen atoms in total. The Hall–Kier alpha value is -2.01. The number of anilines is 1. The SMILES string of the molecule is Cc1nc(N2CCOCC2)sc1C(=O)NNS(=O)(=O)c1ccccc1. The van der Waals surface area contributed by atoms with Crippen LogP contribution in [0.2, 0.25) is 0 Å². The van der Waals surface area contributed by atoms with Crippen molar-refractivity contribution in [1.82, 2.24) is 15.2 Å². The Morgan fingerprint density at radius 3 is 2.60 bits per heavy atom. The van der Waals surface area contributed by atoms with Crippen molar-refractivity contribution < 1.29 is 17.9 Å². The molecule has 0 spiro atoms. The molecule has 0 aliphatic carbocycles. The Morgan fingerprint density at radius 1 is 1.24 bits per heavy atom. The fourth-order valence-electron chi connectivity index (χ4n) is 2.31. The first-order valence-corrected chi connectivity index (χ1v) is 9.94. The quantitative estimate of drug-likeness (QED) is 0.746. The van der Waals surface area contributed by atoms with Crippen LogP contribution in [0.1, 0.15) is 15.4 Å². The Morgan fingerprint density at radius 2 is 1.92 bits per heavy atom. The fraction of sp³-hybridized carbons (Fsp3) is 0.333. The summed E-state index contributed by atoms with van der Waals surface area (Å²) in [6.45, 7) is 4.40. The van der Waals surface area contributed by atoms with Gasteiger partial charge < -0.3 is 9.64 Å². The molecule has 1 aliphatic rings. The number of hydrazine groups is 1. The van der Waals surface area contributed by atoms with Gasteiger partial charge in [0.1, 0.15) is 4.88 Å². The Kier molecular flexibility index (Phi) is 5.33. The van der Waals surface area contributed by atoms with Gasteiger partial charge in [-0.05, 0) is 19.1 Å². The topological polar surface area (TPSA) is 101 Å². The van der Waals surface area contributed by atoms with Crippen molar-refractivity contribution in [3.05, 3.63) is 40.9 Å². The molecule has 1 saturated heterocycles. The Labute approximate surface area is 149 Å². The second-order valence-corrected chi connectivity index (χ2v) is 8.04. The van der Waals surface area contributed by atoms with E-state index in [2.05, 4.69) is 15.2 Å². The molecule has 2 N–H and O–H groups in total. The van der Waals surface area contributed by atoms with E-state index in [1.54, 1.807) is 25.1 Å². The molecule has 10 heteroatoms. The highest BCUT2D eigenvalue weighted by atomic mass is 32.2. The Bertz CT molecular complexity index is 846. The molecule has 3 rings (SSSR count). The van der Waals surface area contributed by atoms with Crippen molar-refractivity contribution in [2.24, 2.45) is 0 Å². The van der Waals surface area contributed by atoms with Crippen LogP contribution < -0.4 is 15.2 Å². The zero-order chi connectivity index (χ0) is 17.9. The molecule has 0 radical (unpaired) electrons. The lowest BCUT2D eigenvalue weighted by Crippen LogP contribution is -2.41. The van der Waals surface area contributed by atoms with Gasteiger partial charge in [-0.3, -0.25) is 10.2 Å². The molecule has 1 amide bonds. The predicted molar refractivity (Wildman–Crippen MR) is 94.1 cm³/mol. The summed E-state index contributed by atoms with van der Waals surface area (Å²) >= 11 is 1.23. The van der Waals surface area contributed by atoms with Crippen LogP contribution in [0.25, 0.3) is 0 Å². The minimum Gasteiger partial charge on any atom is -0.378 e. The lowest BCUT2D eigenvalue weighted by molar-refractivity contribution is 0.0948. The summed E-state index contributed by atoms with van der Waals surface area (Å²) in [4.78, 5) is 21.3. The lowest BCUT2D eigenvalue weighted by atomic mass is 10.4. The number of thiazole rings is 1. The van der Waals surface area contributed by atoms with E-state index in [0.29, 0.717) is 36.9 Å². The maximum absolute atomic E-state index is 12.3. The zero-order valence-corrected chi connectivity index (χ0v) is 15.2. The van der Waals surface area contributed by atoms with Crippen LogP contribution in [0, 0.1) is 6.92 Å². The first-order chi connectivity index (χ1) is 12.0. The van der Waals surface area contributed by atoms with E-state index in [1.807, 2.05) is 4.90 Å². The van der Waals surface area contributed by atoms with Gasteiger partial charge in [0.05, 0.1) is 23.8 Å². The highest BCUT2D eigenvalue weighted by Gasteiger charge is 2.22. The molecular formula is C15H18N4O4S2. The number of benzene rings is 1. The zero-order valence-electron chi connectivity index (χ0n) is 13.6. The number of hydrogen-bond donors (Lipinski definition) is 2. The first kappa shape index (κ1) is 17.8. The van der Waals surface area contributed by atoms with E-state index < -0.39 is 15.9 Å². The van der Waals surface area contributed by atoms with Gasteiger partial charge in [-0.1, -0.05) is 29.5 Å². The van der Waals surface area contributed by atoms with E-state index in [0.717, 1.165) is 5.13 Å². The highest BCUT2D eigenvalue weighted by Crippen LogP contribution is 2.26. The van der Waals surface area contributed by atoms with Crippen molar-refractivity contribution in [3.8, 4) is 0 Å². The summed E-state index contributed by atoms with van der Waals surface area (Å²) in [5.74, 6) is -0.533. The third-order valence-corrected chi connectivity index (χ3v) is 6.11. The maximum atomic E-state index is 12.3. The normalized spacial score (nSPS) is 15.2. The minimum absolute atomic E-state index is 0.0744. The number of carbonyl (C=O) groups is 1. The van der Waals surface area contributed by atoms with Crippen LogP contribution in [0.4, 0.5) is 5.13 Å². The molecule has 1 aromatic carbocycles. The van der Waals surface area contributed by atoms with Crippen molar-refractivity contribution in [2.45, 2.75) is 11.8 Å². The van der Waals surface area contributed by atoms with Gasteiger partial charge in [-0.2, -0.15) is 0 Å². The number of nitrogens with one attached hydrogen (secondary N) is 2. The number of aromatic nitrogens is 1. The van der Waals surface area contributed by atoms with Crippen LogP contribution in [-0.4, -0.2) is 45.6 Å². The van der Waals surface area contributed by atoms with E-state index in [1.165, 1.54) is 23.5 Å². The molecule has 2 heterocycles. The van der Waals surface area contributed by atoms with E-state index in [9.17, 15) is 13.2 Å². The van der Waals surface area contributed by atoms with E-state index in [-0.39, 0.29) is 4.90 Å². The number of amides is 1. The summed E-state index contributed by atoms with van der Waals surface area (Å²) < 4.78 is 29.6. The predicted octanol–water partition coefficient (Wildman–Crippen LogP) is 0.911. The van der Waals surface area contributed by atoms with Gasteiger partial charge in [0.2, 0.25) is 0 Å². The molecule has 25 heavy (non-hydrogen) atoms. The van der Waals surface area contributed by atoms with Crippen LogP contribution in [0.15, 0.2) is 35.2 Å². The molecule has 0 unspecified atom stereocenters. The van der Waals surface area contributed by atoms with Gasteiger partial charge in [-0.25, -0.2) is 13.4 Å². The second kappa shape index (κ2) is 7.48. The molecule has 134 valence electrons. The molecule has 1 aromatic heterocycles. The second-order valence-electron chi connectivity index (χ2n) is 5.38. The molecule has 1 fully saturated rings. The molecule has 1 aliphatic heterocycles. The largest absolute Gasteiger partial charge is 0.378 e. The number of ether oxygens (including phenoxy) is 1. The first-order valence-electron chi connectivity index (χ1n) is 7.65. The third-order valence-electron chi connectivity index (χ3n) is 3.63.